The molecule has 10 heteroatoms. The Hall–Kier alpha value is -2.78. The number of amides is 2. The number of nitrogens with one attached hydrogen (secondary N) is 2. The SMILES string of the molecule is CCOC(=O)N1CCC(NC(=NCc2ccnn2C)NCC(=O)N(C)C)CC1. The highest BCUT2D eigenvalue weighted by Gasteiger charge is 2.24. The number of aliphatic imine (C=N–C) groups is 1. The van der Waals surface area contributed by atoms with Crippen molar-refractivity contribution in [2.45, 2.75) is 32.4 Å². The van der Waals surface area contributed by atoms with Crippen LogP contribution in [0, 0.1) is 0 Å². The van der Waals surface area contributed by atoms with Crippen LogP contribution in [0.4, 0.5) is 4.79 Å². The largest absolute Gasteiger partial charge is 0.450 e. The first-order valence-electron chi connectivity index (χ1n) is 9.54. The number of likely N-dealkylation sites (tertiary alicyclic amines) is 1. The summed E-state index contributed by atoms with van der Waals surface area (Å²) in [6, 6.07) is 2.07. The summed E-state index contributed by atoms with van der Waals surface area (Å²) in [7, 11) is 5.30. The number of piperidine rings is 1. The van der Waals surface area contributed by atoms with Gasteiger partial charge in [0.2, 0.25) is 5.91 Å². The van der Waals surface area contributed by atoms with Crippen LogP contribution in [0.2, 0.25) is 0 Å². The lowest BCUT2D eigenvalue weighted by Gasteiger charge is -2.32. The summed E-state index contributed by atoms with van der Waals surface area (Å²) in [5, 5.41) is 10.6. The number of aryl methyl sites for hydroxylation is 1. The van der Waals surface area contributed by atoms with E-state index in [2.05, 4.69) is 20.7 Å². The lowest BCUT2D eigenvalue weighted by molar-refractivity contribution is -0.127. The van der Waals surface area contributed by atoms with Gasteiger partial charge in [0.1, 0.15) is 0 Å². The van der Waals surface area contributed by atoms with E-state index in [1.54, 1.807) is 36.8 Å². The van der Waals surface area contributed by atoms with Gasteiger partial charge in [0.25, 0.3) is 0 Å². The molecule has 10 nitrogen and oxygen atoms in total. The number of hydrogen-bond donors (Lipinski definition) is 2. The lowest BCUT2D eigenvalue weighted by Crippen LogP contribution is -2.51. The molecule has 1 aromatic heterocycles. The average Bonchev–Trinajstić information content (AvgIpc) is 3.09. The molecule has 1 aliphatic heterocycles. The normalized spacial score (nSPS) is 15.3. The molecular formula is C18H31N7O3. The zero-order valence-electron chi connectivity index (χ0n) is 17.1. The third-order valence-electron chi connectivity index (χ3n) is 4.59. The third kappa shape index (κ3) is 6.43. The van der Waals surface area contributed by atoms with Gasteiger partial charge in [0.05, 0.1) is 25.4 Å². The topological polar surface area (TPSA) is 104 Å². The van der Waals surface area contributed by atoms with Gasteiger partial charge in [0, 0.05) is 46.5 Å². The van der Waals surface area contributed by atoms with Crippen molar-refractivity contribution in [2.24, 2.45) is 12.0 Å². The Balaban J connectivity index is 1.94. The minimum Gasteiger partial charge on any atom is -0.450 e. The molecule has 0 aromatic carbocycles. The van der Waals surface area contributed by atoms with E-state index < -0.39 is 0 Å². The van der Waals surface area contributed by atoms with E-state index in [-0.39, 0.29) is 24.6 Å². The molecule has 1 aromatic rings. The van der Waals surface area contributed by atoms with E-state index in [0.29, 0.717) is 32.2 Å². The Morgan fingerprint density at radius 2 is 2.07 bits per heavy atom. The molecule has 0 radical (unpaired) electrons. The summed E-state index contributed by atoms with van der Waals surface area (Å²) in [5.41, 5.74) is 0.970. The van der Waals surface area contributed by atoms with E-state index in [1.807, 2.05) is 13.1 Å². The predicted molar refractivity (Wildman–Crippen MR) is 106 cm³/mol. The fourth-order valence-electron chi connectivity index (χ4n) is 2.80. The maximum atomic E-state index is 11.9. The molecule has 0 bridgehead atoms. The summed E-state index contributed by atoms with van der Waals surface area (Å²) >= 11 is 0. The van der Waals surface area contributed by atoms with Crippen LogP contribution in [-0.2, 0) is 23.1 Å². The van der Waals surface area contributed by atoms with Gasteiger partial charge in [-0.05, 0) is 25.8 Å². The Bertz CT molecular complexity index is 678. The second kappa shape index (κ2) is 10.5. The van der Waals surface area contributed by atoms with Crippen LogP contribution >= 0.6 is 0 Å². The average molecular weight is 393 g/mol. The van der Waals surface area contributed by atoms with Crippen LogP contribution in [0.5, 0.6) is 0 Å². The molecule has 2 amide bonds. The Kier molecular flexibility index (Phi) is 8.09. The molecule has 1 fully saturated rings. The van der Waals surface area contributed by atoms with Crippen LogP contribution in [0.25, 0.3) is 0 Å². The van der Waals surface area contributed by atoms with E-state index >= 15 is 0 Å². The van der Waals surface area contributed by atoms with Crippen molar-refractivity contribution in [1.82, 2.24) is 30.2 Å². The number of rotatable bonds is 6. The molecule has 1 aliphatic rings. The number of carbonyl (C=O) groups excluding carboxylic acids is 2. The van der Waals surface area contributed by atoms with Crippen molar-refractivity contribution in [1.29, 1.82) is 0 Å². The molecule has 0 spiro atoms. The maximum absolute atomic E-state index is 11.9. The van der Waals surface area contributed by atoms with E-state index in [0.717, 1.165) is 18.5 Å². The minimum atomic E-state index is -0.263. The number of carbonyl (C=O) groups is 2. The van der Waals surface area contributed by atoms with E-state index in [9.17, 15) is 9.59 Å². The molecule has 0 aliphatic carbocycles. The quantitative estimate of drug-likeness (QED) is 0.527. The van der Waals surface area contributed by atoms with Crippen molar-refractivity contribution in [2.75, 3.05) is 40.3 Å². The smallest absolute Gasteiger partial charge is 0.409 e. The van der Waals surface area contributed by atoms with Crippen molar-refractivity contribution in [3.63, 3.8) is 0 Å². The lowest BCUT2D eigenvalue weighted by atomic mass is 10.1. The van der Waals surface area contributed by atoms with Gasteiger partial charge in [0.15, 0.2) is 5.96 Å². The molecule has 2 N–H and O–H groups in total. The van der Waals surface area contributed by atoms with Gasteiger partial charge < -0.3 is 25.2 Å². The van der Waals surface area contributed by atoms with Gasteiger partial charge in [-0.15, -0.1) is 0 Å². The molecule has 1 saturated heterocycles. The molecule has 0 atom stereocenters. The molecule has 0 unspecified atom stereocenters. The first kappa shape index (κ1) is 21.5. The van der Waals surface area contributed by atoms with Gasteiger partial charge in [-0.2, -0.15) is 5.10 Å². The van der Waals surface area contributed by atoms with Gasteiger partial charge in [-0.3, -0.25) is 9.48 Å². The first-order chi connectivity index (χ1) is 13.4. The highest BCUT2D eigenvalue weighted by atomic mass is 16.6. The number of hydrogen-bond acceptors (Lipinski definition) is 5. The zero-order valence-corrected chi connectivity index (χ0v) is 17.1. The molecule has 0 saturated carbocycles. The van der Waals surface area contributed by atoms with Crippen LogP contribution in [-0.4, -0.2) is 83.9 Å². The second-order valence-corrected chi connectivity index (χ2v) is 6.86. The van der Waals surface area contributed by atoms with Gasteiger partial charge >= 0.3 is 6.09 Å². The molecular weight excluding hydrogens is 362 g/mol. The third-order valence-corrected chi connectivity index (χ3v) is 4.59. The van der Waals surface area contributed by atoms with Crippen molar-refractivity contribution in [3.05, 3.63) is 18.0 Å². The fraction of sp³-hybridized carbons (Fsp3) is 0.667. The van der Waals surface area contributed by atoms with E-state index in [4.69, 9.17) is 4.74 Å². The fourth-order valence-corrected chi connectivity index (χ4v) is 2.80. The molecule has 2 heterocycles. The number of aromatic nitrogens is 2. The van der Waals surface area contributed by atoms with Crippen LogP contribution in [0.1, 0.15) is 25.5 Å². The van der Waals surface area contributed by atoms with Crippen molar-refractivity contribution >= 4 is 18.0 Å². The standard InChI is InChI=1S/C18H31N7O3/c1-5-28-18(27)25-10-7-14(8-11-25)22-17(20-13-16(26)23(2)3)19-12-15-6-9-21-24(15)4/h6,9,14H,5,7-8,10-13H2,1-4H3,(H2,19,20,22). The highest BCUT2D eigenvalue weighted by Crippen LogP contribution is 2.11. The summed E-state index contributed by atoms with van der Waals surface area (Å²) in [4.78, 5) is 31.6. The van der Waals surface area contributed by atoms with Crippen LogP contribution in [0.15, 0.2) is 17.3 Å². The maximum Gasteiger partial charge on any atom is 0.409 e. The van der Waals surface area contributed by atoms with Crippen molar-refractivity contribution < 1.29 is 14.3 Å². The first-order valence-corrected chi connectivity index (χ1v) is 9.54. The molecule has 156 valence electrons. The number of likely N-dealkylation sites (N-methyl/N-ethyl adjacent to an activating group) is 1. The summed E-state index contributed by atoms with van der Waals surface area (Å²) in [6.07, 6.45) is 3.03. The summed E-state index contributed by atoms with van der Waals surface area (Å²) in [5.74, 6) is 0.540. The Morgan fingerprint density at radius 1 is 1.36 bits per heavy atom. The van der Waals surface area contributed by atoms with Crippen LogP contribution in [0.3, 0.4) is 0 Å². The number of ether oxygens (including phenoxy) is 1. The molecule has 28 heavy (non-hydrogen) atoms. The monoisotopic (exact) mass is 393 g/mol. The predicted octanol–water partition coefficient (Wildman–Crippen LogP) is 0.164. The number of guanidine groups is 1. The molecule has 2 rings (SSSR count). The summed E-state index contributed by atoms with van der Waals surface area (Å²) in [6.45, 7) is 4.05. The van der Waals surface area contributed by atoms with Crippen LogP contribution < -0.4 is 10.6 Å². The van der Waals surface area contributed by atoms with Crippen molar-refractivity contribution in [3.8, 4) is 0 Å². The zero-order chi connectivity index (χ0) is 20.5. The Labute approximate surface area is 165 Å². The van der Waals surface area contributed by atoms with E-state index in [1.165, 1.54) is 4.90 Å². The second-order valence-electron chi connectivity index (χ2n) is 6.86. The highest BCUT2D eigenvalue weighted by molar-refractivity contribution is 5.86. The van der Waals surface area contributed by atoms with Gasteiger partial charge in [-0.25, -0.2) is 9.79 Å². The number of nitrogens with zero attached hydrogens (tertiary/aromatic N) is 5. The summed E-state index contributed by atoms with van der Waals surface area (Å²) < 4.78 is 6.82. The minimum absolute atomic E-state index is 0.0350. The Morgan fingerprint density at radius 3 is 2.64 bits per heavy atom. The van der Waals surface area contributed by atoms with Gasteiger partial charge in [-0.1, -0.05) is 0 Å².